The molecule has 1 aliphatic rings. The number of rotatable bonds is 4. The van der Waals surface area contributed by atoms with Crippen LogP contribution in [0.15, 0.2) is 88.5 Å². The van der Waals surface area contributed by atoms with Crippen LogP contribution < -0.4 is 10.6 Å². The van der Waals surface area contributed by atoms with E-state index < -0.39 is 12.4 Å². The largest absolute Gasteiger partial charge is 0.403 e. The van der Waals surface area contributed by atoms with E-state index in [1.165, 1.54) is 0 Å². The average molecular weight is 462 g/mol. The average Bonchev–Trinajstić information content (AvgIpc) is 3.50. The number of aromatic nitrogens is 4. The molecule has 10 heteroatoms. The molecular weight excluding hydrogens is 444 g/mol. The number of benzodiazepines with no additional fused rings is 1. The number of hydrogen-bond donors (Lipinski definition) is 3. The number of para-hydroxylation sites is 1. The quantitative estimate of drug-likeness (QED) is 0.370. The second-order valence-corrected chi connectivity index (χ2v) is 7.90. The van der Waals surface area contributed by atoms with Crippen molar-refractivity contribution < 1.29 is 9.52 Å². The predicted molar refractivity (Wildman–Crippen MR) is 129 cm³/mol. The molecular formula is C25H18N8O2. The third-order valence-electron chi connectivity index (χ3n) is 5.68. The van der Waals surface area contributed by atoms with Gasteiger partial charge in [-0.2, -0.15) is 10.4 Å². The number of fused-ring (bicyclic) bond motifs is 2. The van der Waals surface area contributed by atoms with E-state index >= 15 is 0 Å². The number of anilines is 2. The lowest BCUT2D eigenvalue weighted by Gasteiger charge is -2.19. The molecule has 0 bridgehead atoms. The maximum atomic E-state index is 10.9. The SMILES string of the molecule is N#Cc1ccn2ncc(-c3nnc(N[C@H]4N=C(c5ccccc5)c5ccccc5NC4O)o3)c2c1. The fourth-order valence-electron chi connectivity index (χ4n) is 4.00. The predicted octanol–water partition coefficient (Wildman–Crippen LogP) is 3.28. The van der Waals surface area contributed by atoms with Crippen molar-refractivity contribution in [3.05, 3.63) is 95.8 Å². The minimum atomic E-state index is -1.07. The summed E-state index contributed by atoms with van der Waals surface area (Å²) in [6.07, 6.45) is 1.40. The Labute approximate surface area is 199 Å². The van der Waals surface area contributed by atoms with Gasteiger partial charge in [0.1, 0.15) is 0 Å². The highest BCUT2D eigenvalue weighted by Gasteiger charge is 2.27. The molecule has 5 aromatic rings. The Morgan fingerprint density at radius 3 is 2.71 bits per heavy atom. The van der Waals surface area contributed by atoms with Gasteiger partial charge in [0.25, 0.3) is 5.89 Å². The number of benzene rings is 2. The summed E-state index contributed by atoms with van der Waals surface area (Å²) in [5.74, 6) is 0.226. The lowest BCUT2D eigenvalue weighted by molar-refractivity contribution is 0.182. The normalized spacial score (nSPS) is 17.1. The van der Waals surface area contributed by atoms with Crippen LogP contribution in [0.4, 0.5) is 11.7 Å². The molecule has 3 N–H and O–H groups in total. The maximum absolute atomic E-state index is 10.9. The number of nitrogens with one attached hydrogen (secondary N) is 2. The van der Waals surface area contributed by atoms with Gasteiger partial charge in [-0.15, -0.1) is 5.10 Å². The summed E-state index contributed by atoms with van der Waals surface area (Å²) in [6, 6.07) is 23.0. The molecule has 3 aromatic heterocycles. The van der Waals surface area contributed by atoms with Crippen molar-refractivity contribution in [2.24, 2.45) is 4.99 Å². The van der Waals surface area contributed by atoms with Crippen LogP contribution in [-0.4, -0.2) is 43.0 Å². The molecule has 10 nitrogen and oxygen atoms in total. The Balaban J connectivity index is 1.35. The van der Waals surface area contributed by atoms with Gasteiger partial charge in [-0.25, -0.2) is 4.52 Å². The Morgan fingerprint density at radius 2 is 1.86 bits per heavy atom. The van der Waals surface area contributed by atoms with Gasteiger partial charge in [0.05, 0.1) is 34.6 Å². The van der Waals surface area contributed by atoms with Crippen LogP contribution in [0.3, 0.4) is 0 Å². The van der Waals surface area contributed by atoms with Crippen molar-refractivity contribution in [2.45, 2.75) is 12.4 Å². The van der Waals surface area contributed by atoms with Gasteiger partial charge in [0, 0.05) is 23.0 Å². The minimum absolute atomic E-state index is 0.0868. The first-order valence-corrected chi connectivity index (χ1v) is 10.8. The van der Waals surface area contributed by atoms with E-state index in [2.05, 4.69) is 32.0 Å². The number of hydrogen-bond acceptors (Lipinski definition) is 9. The third-order valence-corrected chi connectivity index (χ3v) is 5.68. The molecule has 0 spiro atoms. The number of aliphatic imine (C=N–C) groups is 1. The van der Waals surface area contributed by atoms with Crippen LogP contribution in [0, 0.1) is 11.3 Å². The first kappa shape index (κ1) is 20.6. The molecule has 0 amide bonds. The van der Waals surface area contributed by atoms with E-state index in [4.69, 9.17) is 9.41 Å². The van der Waals surface area contributed by atoms with Crippen molar-refractivity contribution in [1.29, 1.82) is 5.26 Å². The van der Waals surface area contributed by atoms with Crippen LogP contribution in [0.1, 0.15) is 16.7 Å². The van der Waals surface area contributed by atoms with Crippen molar-refractivity contribution in [2.75, 3.05) is 10.6 Å². The number of aliphatic hydroxyl groups excluding tert-OH is 1. The molecule has 6 rings (SSSR count). The number of nitrogens with zero attached hydrogens (tertiary/aromatic N) is 6. The van der Waals surface area contributed by atoms with Gasteiger partial charge in [0.15, 0.2) is 12.4 Å². The Morgan fingerprint density at radius 1 is 1.03 bits per heavy atom. The van der Waals surface area contributed by atoms with E-state index in [0.717, 1.165) is 16.8 Å². The number of aliphatic hydroxyl groups is 1. The van der Waals surface area contributed by atoms with Crippen LogP contribution in [0.2, 0.25) is 0 Å². The molecule has 0 saturated heterocycles. The number of nitriles is 1. The zero-order valence-corrected chi connectivity index (χ0v) is 18.2. The highest BCUT2D eigenvalue weighted by molar-refractivity contribution is 6.16. The van der Waals surface area contributed by atoms with Gasteiger partial charge in [-0.1, -0.05) is 53.6 Å². The summed E-state index contributed by atoms with van der Waals surface area (Å²) in [4.78, 5) is 4.82. The molecule has 35 heavy (non-hydrogen) atoms. The molecule has 0 saturated carbocycles. The smallest absolute Gasteiger partial charge is 0.317 e. The highest BCUT2D eigenvalue weighted by atomic mass is 16.4. The minimum Gasteiger partial charge on any atom is -0.403 e. The molecule has 2 atom stereocenters. The highest BCUT2D eigenvalue weighted by Crippen LogP contribution is 2.28. The maximum Gasteiger partial charge on any atom is 0.317 e. The summed E-state index contributed by atoms with van der Waals surface area (Å²) < 4.78 is 7.47. The van der Waals surface area contributed by atoms with Crippen LogP contribution >= 0.6 is 0 Å². The van der Waals surface area contributed by atoms with E-state index in [1.54, 1.807) is 29.0 Å². The summed E-state index contributed by atoms with van der Waals surface area (Å²) in [7, 11) is 0. The third kappa shape index (κ3) is 3.76. The van der Waals surface area contributed by atoms with Crippen LogP contribution in [-0.2, 0) is 0 Å². The van der Waals surface area contributed by atoms with E-state index in [0.29, 0.717) is 22.4 Å². The first-order chi connectivity index (χ1) is 17.2. The van der Waals surface area contributed by atoms with Crippen molar-refractivity contribution in [1.82, 2.24) is 19.8 Å². The Hall–Kier alpha value is -5.01. The zero-order chi connectivity index (χ0) is 23.8. The molecule has 0 aliphatic carbocycles. The summed E-state index contributed by atoms with van der Waals surface area (Å²) in [5, 5.41) is 38.8. The monoisotopic (exact) mass is 462 g/mol. The standard InChI is InChI=1S/C25H18N8O2/c26-13-15-10-11-33-20(12-15)18(14-27-33)24-31-32-25(35-24)30-22-23(34)28-19-9-5-4-8-17(19)21(29-22)16-6-2-1-3-7-16/h1-12,14,22-23,28,34H,(H,30,32)/t22-,23?/m1/s1. The second-order valence-electron chi connectivity index (χ2n) is 7.90. The van der Waals surface area contributed by atoms with Gasteiger partial charge in [-0.05, 0) is 18.2 Å². The first-order valence-electron chi connectivity index (χ1n) is 10.8. The van der Waals surface area contributed by atoms with Crippen LogP contribution in [0.5, 0.6) is 0 Å². The molecule has 1 aliphatic heterocycles. The molecule has 0 radical (unpaired) electrons. The summed E-state index contributed by atoms with van der Waals surface area (Å²) in [5.41, 5.74) is 5.00. The van der Waals surface area contributed by atoms with Gasteiger partial charge in [0.2, 0.25) is 0 Å². The van der Waals surface area contributed by atoms with Gasteiger partial charge < -0.3 is 20.2 Å². The Bertz CT molecular complexity index is 1600. The van der Waals surface area contributed by atoms with Crippen molar-refractivity contribution in [3.63, 3.8) is 0 Å². The molecule has 2 aromatic carbocycles. The second kappa shape index (κ2) is 8.40. The topological polar surface area (TPSA) is 137 Å². The van der Waals surface area contributed by atoms with Gasteiger partial charge in [-0.3, -0.25) is 4.99 Å². The van der Waals surface area contributed by atoms with Crippen molar-refractivity contribution >= 4 is 22.9 Å². The molecule has 1 unspecified atom stereocenters. The number of pyridine rings is 1. The zero-order valence-electron chi connectivity index (χ0n) is 18.2. The van der Waals surface area contributed by atoms with E-state index in [9.17, 15) is 10.4 Å². The fourth-order valence-corrected chi connectivity index (χ4v) is 4.00. The van der Waals surface area contributed by atoms with E-state index in [-0.39, 0.29) is 11.9 Å². The van der Waals surface area contributed by atoms with Gasteiger partial charge >= 0.3 is 6.01 Å². The van der Waals surface area contributed by atoms with E-state index in [1.807, 2.05) is 54.6 Å². The lowest BCUT2D eigenvalue weighted by Crippen LogP contribution is -2.37. The Kier molecular flexibility index (Phi) is 4.94. The fraction of sp³-hybridized carbons (Fsp3) is 0.0800. The summed E-state index contributed by atoms with van der Waals surface area (Å²) in [6.45, 7) is 0. The van der Waals surface area contributed by atoms with Crippen molar-refractivity contribution in [3.8, 4) is 17.5 Å². The summed E-state index contributed by atoms with van der Waals surface area (Å²) >= 11 is 0. The molecule has 4 heterocycles. The van der Waals surface area contributed by atoms with Crippen LogP contribution in [0.25, 0.3) is 17.0 Å². The molecule has 0 fully saturated rings. The lowest BCUT2D eigenvalue weighted by atomic mass is 10.0. The molecule has 170 valence electrons.